The third-order valence-electron chi connectivity index (χ3n) is 5.89. The minimum absolute atomic E-state index is 0.162. The molecule has 2 aliphatic rings. The number of ether oxygens (including phenoxy) is 2. The van der Waals surface area contributed by atoms with Gasteiger partial charge in [0.05, 0.1) is 0 Å². The van der Waals surface area contributed by atoms with Crippen LogP contribution < -0.4 is 25.4 Å². The molecule has 0 bridgehead atoms. The van der Waals surface area contributed by atoms with Crippen LogP contribution in [-0.2, 0) is 11.3 Å². The van der Waals surface area contributed by atoms with Crippen LogP contribution in [0, 0.1) is 0 Å². The van der Waals surface area contributed by atoms with Crippen LogP contribution in [0.15, 0.2) is 35.4 Å². The molecule has 31 heavy (non-hydrogen) atoms. The number of hydrogen-bond donors (Lipinski definition) is 1. The van der Waals surface area contributed by atoms with Crippen molar-refractivity contribution in [2.75, 3.05) is 24.1 Å². The second-order valence-electron chi connectivity index (χ2n) is 7.90. The van der Waals surface area contributed by atoms with Crippen LogP contribution in [0.3, 0.4) is 0 Å². The van der Waals surface area contributed by atoms with Crippen molar-refractivity contribution in [1.29, 1.82) is 0 Å². The molecule has 1 aromatic carbocycles. The fraction of sp³-hybridized carbons (Fsp3) is 0.429. The van der Waals surface area contributed by atoms with Gasteiger partial charge in [-0.3, -0.25) is 4.79 Å². The molecule has 162 valence electrons. The number of amides is 1. The highest BCUT2D eigenvalue weighted by molar-refractivity contribution is 5.91. The average Bonchev–Trinajstić information content (AvgIpc) is 3.38. The second kappa shape index (κ2) is 7.93. The van der Waals surface area contributed by atoms with Gasteiger partial charge in [-0.2, -0.15) is 0 Å². The second-order valence-corrected chi connectivity index (χ2v) is 7.90. The Hall–Kier alpha value is -3.56. The van der Waals surface area contributed by atoms with Crippen molar-refractivity contribution in [3.05, 3.63) is 41.1 Å². The fourth-order valence-electron chi connectivity index (χ4n) is 4.24. The van der Waals surface area contributed by atoms with Crippen molar-refractivity contribution in [2.45, 2.75) is 44.7 Å². The summed E-state index contributed by atoms with van der Waals surface area (Å²) in [5.74, 6) is 1.50. The van der Waals surface area contributed by atoms with Crippen LogP contribution >= 0.6 is 0 Å². The number of hydrogen-bond acceptors (Lipinski definition) is 7. The summed E-state index contributed by atoms with van der Waals surface area (Å²) >= 11 is 0. The quantitative estimate of drug-likeness (QED) is 0.668. The lowest BCUT2D eigenvalue weighted by molar-refractivity contribution is -0.117. The minimum Gasteiger partial charge on any atom is -0.454 e. The Kier molecular flexibility index (Phi) is 4.97. The molecule has 0 unspecified atom stereocenters. The van der Waals surface area contributed by atoms with Gasteiger partial charge in [0.1, 0.15) is 6.54 Å². The van der Waals surface area contributed by atoms with Gasteiger partial charge >= 0.3 is 5.69 Å². The van der Waals surface area contributed by atoms with Gasteiger partial charge in [-0.15, -0.1) is 5.10 Å². The monoisotopic (exact) mass is 424 g/mol. The van der Waals surface area contributed by atoms with E-state index in [4.69, 9.17) is 9.47 Å². The number of rotatable bonds is 5. The molecule has 10 heteroatoms. The zero-order chi connectivity index (χ0) is 21.4. The molecule has 1 saturated carbocycles. The van der Waals surface area contributed by atoms with E-state index in [1.165, 1.54) is 23.7 Å². The van der Waals surface area contributed by atoms with E-state index >= 15 is 0 Å². The molecule has 3 aromatic rings. The minimum atomic E-state index is -0.378. The Morgan fingerprint density at radius 2 is 2.03 bits per heavy atom. The van der Waals surface area contributed by atoms with Gasteiger partial charge in [-0.1, -0.05) is 19.3 Å². The number of fused-ring (bicyclic) bond motifs is 2. The molecular formula is C21H24N6O4. The van der Waals surface area contributed by atoms with Gasteiger partial charge in [-0.05, 0) is 25.0 Å². The largest absolute Gasteiger partial charge is 0.454 e. The Morgan fingerprint density at radius 3 is 2.87 bits per heavy atom. The number of anilines is 2. The van der Waals surface area contributed by atoms with E-state index in [2.05, 4.69) is 20.3 Å². The first-order valence-corrected chi connectivity index (χ1v) is 10.5. The van der Waals surface area contributed by atoms with E-state index in [1.807, 2.05) is 7.05 Å². The highest BCUT2D eigenvalue weighted by atomic mass is 16.7. The number of nitrogens with one attached hydrogen (secondary N) is 1. The number of carbonyl (C=O) groups is 1. The van der Waals surface area contributed by atoms with E-state index in [0.717, 1.165) is 17.5 Å². The zero-order valence-corrected chi connectivity index (χ0v) is 17.3. The van der Waals surface area contributed by atoms with Crippen LogP contribution in [0.4, 0.5) is 11.5 Å². The molecule has 0 radical (unpaired) electrons. The first-order chi connectivity index (χ1) is 15.1. The van der Waals surface area contributed by atoms with E-state index < -0.39 is 0 Å². The molecule has 2 aromatic heterocycles. The fourth-order valence-corrected chi connectivity index (χ4v) is 4.24. The summed E-state index contributed by atoms with van der Waals surface area (Å²) < 4.78 is 13.2. The van der Waals surface area contributed by atoms with Gasteiger partial charge in [0, 0.05) is 37.2 Å². The lowest BCUT2D eigenvalue weighted by Crippen LogP contribution is -2.34. The molecule has 5 rings (SSSR count). The molecular weight excluding hydrogens is 400 g/mol. The maximum absolute atomic E-state index is 12.8. The molecule has 0 saturated heterocycles. The molecule has 1 fully saturated rings. The summed E-state index contributed by atoms with van der Waals surface area (Å²) in [6, 6.07) is 5.52. The van der Waals surface area contributed by atoms with Crippen molar-refractivity contribution in [3.63, 3.8) is 0 Å². The van der Waals surface area contributed by atoms with Gasteiger partial charge < -0.3 is 19.7 Å². The Bertz CT molecular complexity index is 1180. The Labute approximate surface area is 178 Å². The molecule has 10 nitrogen and oxygen atoms in total. The topological polar surface area (TPSA) is 103 Å². The summed E-state index contributed by atoms with van der Waals surface area (Å²) in [6.45, 7) is -0.0451. The summed E-state index contributed by atoms with van der Waals surface area (Å²) in [7, 11) is 1.99. The third kappa shape index (κ3) is 3.69. The normalized spacial score (nSPS) is 15.9. The summed E-state index contributed by atoms with van der Waals surface area (Å²) in [5, 5.41) is 7.20. The number of benzene rings is 1. The maximum Gasteiger partial charge on any atom is 0.350 e. The van der Waals surface area contributed by atoms with Crippen LogP contribution in [0.5, 0.6) is 11.5 Å². The lowest BCUT2D eigenvalue weighted by atomic mass is 9.94. The number of aromatic nitrogens is 4. The van der Waals surface area contributed by atoms with Crippen LogP contribution in [0.2, 0.25) is 0 Å². The smallest absolute Gasteiger partial charge is 0.350 e. The van der Waals surface area contributed by atoms with Crippen molar-refractivity contribution in [2.24, 2.45) is 0 Å². The van der Waals surface area contributed by atoms with Crippen molar-refractivity contribution in [1.82, 2.24) is 19.2 Å². The van der Waals surface area contributed by atoms with E-state index in [9.17, 15) is 9.59 Å². The number of carbonyl (C=O) groups excluding carboxylic acids is 1. The van der Waals surface area contributed by atoms with E-state index in [0.29, 0.717) is 34.7 Å². The SMILES string of the molecule is CN(c1nccn2c(=O)n(CC(=O)Nc3ccc4c(c3)OCO4)nc12)C1CCCCC1. The van der Waals surface area contributed by atoms with Crippen molar-refractivity contribution in [3.8, 4) is 11.5 Å². The average molecular weight is 424 g/mol. The predicted octanol–water partition coefficient (Wildman–Crippen LogP) is 2.03. The van der Waals surface area contributed by atoms with Gasteiger partial charge in [0.2, 0.25) is 18.3 Å². The number of nitrogens with zero attached hydrogens (tertiary/aromatic N) is 5. The first kappa shape index (κ1) is 19.4. The van der Waals surface area contributed by atoms with Crippen LogP contribution in [0.25, 0.3) is 5.65 Å². The molecule has 1 N–H and O–H groups in total. The van der Waals surface area contributed by atoms with Crippen molar-refractivity contribution < 1.29 is 14.3 Å². The van der Waals surface area contributed by atoms with Gasteiger partial charge in [0.15, 0.2) is 17.3 Å². The first-order valence-electron chi connectivity index (χ1n) is 10.5. The van der Waals surface area contributed by atoms with E-state index in [-0.39, 0.29) is 24.9 Å². The highest BCUT2D eigenvalue weighted by Gasteiger charge is 2.23. The zero-order valence-electron chi connectivity index (χ0n) is 17.3. The molecule has 0 atom stereocenters. The maximum atomic E-state index is 12.8. The summed E-state index contributed by atoms with van der Waals surface area (Å²) in [5.41, 5.74) is 0.637. The molecule has 0 spiro atoms. The van der Waals surface area contributed by atoms with Crippen LogP contribution in [0.1, 0.15) is 32.1 Å². The Morgan fingerprint density at radius 1 is 1.23 bits per heavy atom. The predicted molar refractivity (Wildman–Crippen MR) is 114 cm³/mol. The van der Waals surface area contributed by atoms with Gasteiger partial charge in [-0.25, -0.2) is 18.9 Å². The molecule has 1 aliphatic heterocycles. The summed E-state index contributed by atoms with van der Waals surface area (Å²) in [4.78, 5) is 32.0. The highest BCUT2D eigenvalue weighted by Crippen LogP contribution is 2.34. The summed E-state index contributed by atoms with van der Waals surface area (Å²) in [6.07, 6.45) is 9.02. The van der Waals surface area contributed by atoms with Crippen LogP contribution in [-0.4, -0.2) is 45.0 Å². The van der Waals surface area contributed by atoms with Gasteiger partial charge in [0.25, 0.3) is 0 Å². The lowest BCUT2D eigenvalue weighted by Gasteiger charge is -2.31. The Balaban J connectivity index is 1.37. The molecule has 1 aliphatic carbocycles. The molecule has 1 amide bonds. The van der Waals surface area contributed by atoms with E-state index in [1.54, 1.807) is 30.6 Å². The molecule has 3 heterocycles. The third-order valence-corrected chi connectivity index (χ3v) is 5.89. The standard InChI is InChI=1S/C21H24N6O4/c1-25(15-5-3-2-4-6-15)19-20-24-27(21(29)26(20)10-9-22-19)12-18(28)23-14-7-8-16-17(11-14)31-13-30-16/h7-11,15H,2-6,12-13H2,1H3,(H,23,28). The van der Waals surface area contributed by atoms with Crippen molar-refractivity contribution >= 4 is 23.1 Å².